The molecule has 2 aliphatic rings. The Kier molecular flexibility index (Phi) is 4.36. The molecule has 7 nitrogen and oxygen atoms in total. The Labute approximate surface area is 188 Å². The summed E-state index contributed by atoms with van der Waals surface area (Å²) in [7, 11) is 1.58. The van der Waals surface area contributed by atoms with Crippen molar-refractivity contribution in [2.24, 2.45) is 0 Å². The Balaban J connectivity index is 1.52. The molecule has 0 N–H and O–H groups in total. The van der Waals surface area contributed by atoms with Gasteiger partial charge in [-0.1, -0.05) is 30.3 Å². The molecule has 0 saturated carbocycles. The molecule has 0 bridgehead atoms. The van der Waals surface area contributed by atoms with Crippen LogP contribution in [-0.4, -0.2) is 24.7 Å². The van der Waals surface area contributed by atoms with Crippen LogP contribution in [0.25, 0.3) is 11.0 Å². The maximum atomic E-state index is 13.6. The maximum Gasteiger partial charge on any atom is 0.291 e. The zero-order chi connectivity index (χ0) is 22.5. The second-order valence-corrected chi connectivity index (χ2v) is 7.97. The van der Waals surface area contributed by atoms with Crippen LogP contribution in [-0.2, 0) is 6.54 Å². The number of rotatable bonds is 4. The van der Waals surface area contributed by atoms with Gasteiger partial charge in [-0.05, 0) is 47.5 Å². The average molecular weight is 441 g/mol. The van der Waals surface area contributed by atoms with Gasteiger partial charge in [0.25, 0.3) is 5.91 Å². The molecule has 0 spiro atoms. The van der Waals surface area contributed by atoms with E-state index >= 15 is 0 Å². The second-order valence-electron chi connectivity index (χ2n) is 7.97. The molecule has 0 radical (unpaired) electrons. The summed E-state index contributed by atoms with van der Waals surface area (Å²) in [6.45, 7) is 0.432. The number of amides is 1. The number of carbonyl (C=O) groups excluding carboxylic acids is 1. The molecule has 1 atom stereocenters. The number of hydrogen-bond acceptors (Lipinski definition) is 6. The number of carbonyl (C=O) groups is 1. The van der Waals surface area contributed by atoms with Gasteiger partial charge in [-0.15, -0.1) is 0 Å². The zero-order valence-corrected chi connectivity index (χ0v) is 17.7. The predicted molar refractivity (Wildman–Crippen MR) is 120 cm³/mol. The summed E-state index contributed by atoms with van der Waals surface area (Å²) in [6, 6.07) is 19.3. The molecule has 2 aliphatic heterocycles. The molecule has 0 aliphatic carbocycles. The van der Waals surface area contributed by atoms with Crippen LogP contribution in [0.2, 0.25) is 0 Å². The lowest BCUT2D eigenvalue weighted by atomic mass is 9.98. The van der Waals surface area contributed by atoms with E-state index in [9.17, 15) is 9.59 Å². The van der Waals surface area contributed by atoms with E-state index in [1.54, 1.807) is 36.3 Å². The summed E-state index contributed by atoms with van der Waals surface area (Å²) in [5, 5.41) is 0.446. The molecule has 7 heteroatoms. The third kappa shape index (κ3) is 3.04. The SMILES string of the molecule is COc1cccc([C@H]2c3c(oc4ccccc4c3=O)C(=O)N2Cc2ccc3c(c2)OCO3)c1. The molecule has 33 heavy (non-hydrogen) atoms. The Morgan fingerprint density at radius 2 is 1.82 bits per heavy atom. The van der Waals surface area contributed by atoms with Crippen molar-refractivity contribution in [3.8, 4) is 17.2 Å². The fourth-order valence-electron chi connectivity index (χ4n) is 4.52. The third-order valence-corrected chi connectivity index (χ3v) is 6.07. The van der Waals surface area contributed by atoms with Gasteiger partial charge in [0.05, 0.1) is 24.1 Å². The number of hydrogen-bond donors (Lipinski definition) is 0. The fourth-order valence-corrected chi connectivity index (χ4v) is 4.52. The van der Waals surface area contributed by atoms with E-state index in [2.05, 4.69) is 0 Å². The molecule has 3 aromatic carbocycles. The minimum Gasteiger partial charge on any atom is -0.497 e. The predicted octanol–water partition coefficient (Wildman–Crippen LogP) is 4.28. The van der Waals surface area contributed by atoms with Crippen molar-refractivity contribution in [1.29, 1.82) is 0 Å². The lowest BCUT2D eigenvalue weighted by Crippen LogP contribution is -2.29. The molecule has 1 amide bonds. The number of fused-ring (bicyclic) bond motifs is 3. The first-order chi connectivity index (χ1) is 16.1. The van der Waals surface area contributed by atoms with Crippen molar-refractivity contribution in [2.75, 3.05) is 13.9 Å². The Hall–Kier alpha value is -4.26. The van der Waals surface area contributed by atoms with Gasteiger partial charge in [-0.2, -0.15) is 0 Å². The van der Waals surface area contributed by atoms with E-state index in [-0.39, 0.29) is 30.4 Å². The standard InChI is InChI=1S/C26H19NO6/c1-30-17-6-4-5-16(12-17)23-22-24(28)18-7-2-3-8-19(18)33-25(22)26(29)27(23)13-15-9-10-20-21(11-15)32-14-31-20/h2-12,23H,13-14H2,1H3/t23-/m0/s1. The minimum atomic E-state index is -0.617. The summed E-state index contributed by atoms with van der Waals surface area (Å²) in [6.07, 6.45) is 0. The van der Waals surface area contributed by atoms with E-state index in [1.807, 2.05) is 42.5 Å². The molecular weight excluding hydrogens is 422 g/mol. The molecule has 1 aromatic heterocycles. The molecule has 3 heterocycles. The quantitative estimate of drug-likeness (QED) is 0.471. The van der Waals surface area contributed by atoms with Crippen molar-refractivity contribution in [1.82, 2.24) is 4.90 Å². The van der Waals surface area contributed by atoms with Gasteiger partial charge < -0.3 is 23.5 Å². The molecule has 164 valence electrons. The molecule has 0 unspecified atom stereocenters. The normalized spacial score (nSPS) is 16.3. The van der Waals surface area contributed by atoms with Gasteiger partial charge in [-0.25, -0.2) is 0 Å². The maximum absolute atomic E-state index is 13.6. The van der Waals surface area contributed by atoms with Crippen LogP contribution >= 0.6 is 0 Å². The summed E-state index contributed by atoms with van der Waals surface area (Å²) in [5.74, 6) is 1.68. The van der Waals surface area contributed by atoms with Gasteiger partial charge in [-0.3, -0.25) is 9.59 Å². The molecule has 0 saturated heterocycles. The first kappa shape index (κ1) is 19.4. The topological polar surface area (TPSA) is 78.2 Å². The number of ether oxygens (including phenoxy) is 3. The number of benzene rings is 3. The van der Waals surface area contributed by atoms with Crippen LogP contribution in [0.4, 0.5) is 0 Å². The highest BCUT2D eigenvalue weighted by Crippen LogP contribution is 2.41. The highest BCUT2D eigenvalue weighted by molar-refractivity contribution is 5.99. The lowest BCUT2D eigenvalue weighted by molar-refractivity contribution is 0.0714. The van der Waals surface area contributed by atoms with Crippen molar-refractivity contribution >= 4 is 16.9 Å². The van der Waals surface area contributed by atoms with E-state index in [1.165, 1.54) is 0 Å². The molecule has 6 rings (SSSR count). The van der Waals surface area contributed by atoms with Crippen molar-refractivity contribution < 1.29 is 23.4 Å². The molecule has 4 aromatic rings. The van der Waals surface area contributed by atoms with Crippen LogP contribution < -0.4 is 19.6 Å². The van der Waals surface area contributed by atoms with Crippen LogP contribution in [0.5, 0.6) is 17.2 Å². The zero-order valence-electron chi connectivity index (χ0n) is 17.7. The van der Waals surface area contributed by atoms with Crippen LogP contribution in [0.3, 0.4) is 0 Å². The number of nitrogens with zero attached hydrogens (tertiary/aromatic N) is 1. The Morgan fingerprint density at radius 1 is 0.970 bits per heavy atom. The third-order valence-electron chi connectivity index (χ3n) is 6.07. The summed E-state index contributed by atoms with van der Waals surface area (Å²) in [4.78, 5) is 28.8. The number of para-hydroxylation sites is 1. The van der Waals surface area contributed by atoms with Gasteiger partial charge in [0.15, 0.2) is 16.9 Å². The van der Waals surface area contributed by atoms with Gasteiger partial charge in [0.1, 0.15) is 11.3 Å². The molecule has 0 fully saturated rings. The Morgan fingerprint density at radius 3 is 2.70 bits per heavy atom. The highest BCUT2D eigenvalue weighted by atomic mass is 16.7. The largest absolute Gasteiger partial charge is 0.497 e. The smallest absolute Gasteiger partial charge is 0.291 e. The van der Waals surface area contributed by atoms with Gasteiger partial charge >= 0.3 is 0 Å². The van der Waals surface area contributed by atoms with Gasteiger partial charge in [0.2, 0.25) is 12.6 Å². The first-order valence-electron chi connectivity index (χ1n) is 10.5. The lowest BCUT2D eigenvalue weighted by Gasteiger charge is -2.25. The fraction of sp³-hybridized carbons (Fsp3) is 0.154. The first-order valence-corrected chi connectivity index (χ1v) is 10.5. The summed E-state index contributed by atoms with van der Waals surface area (Å²) < 4.78 is 22.3. The van der Waals surface area contributed by atoms with E-state index in [4.69, 9.17) is 18.6 Å². The monoisotopic (exact) mass is 441 g/mol. The van der Waals surface area contributed by atoms with Crippen molar-refractivity contribution in [3.05, 3.63) is 99.4 Å². The minimum absolute atomic E-state index is 0.0762. The summed E-state index contributed by atoms with van der Waals surface area (Å²) >= 11 is 0. The van der Waals surface area contributed by atoms with Crippen LogP contribution in [0.1, 0.15) is 33.3 Å². The number of methoxy groups -OCH3 is 1. The van der Waals surface area contributed by atoms with Crippen molar-refractivity contribution in [3.63, 3.8) is 0 Å². The highest BCUT2D eigenvalue weighted by Gasteiger charge is 2.43. The molecular formula is C26H19NO6. The second kappa shape index (κ2) is 7.41. The van der Waals surface area contributed by atoms with Crippen molar-refractivity contribution in [2.45, 2.75) is 12.6 Å². The van der Waals surface area contributed by atoms with Gasteiger partial charge in [0, 0.05) is 6.54 Å². The average Bonchev–Trinajstić information content (AvgIpc) is 3.42. The Bertz CT molecular complexity index is 1470. The van der Waals surface area contributed by atoms with E-state index in [0.717, 1.165) is 11.1 Å². The van der Waals surface area contributed by atoms with E-state index < -0.39 is 6.04 Å². The summed E-state index contributed by atoms with van der Waals surface area (Å²) in [5.41, 5.74) is 2.15. The van der Waals surface area contributed by atoms with Crippen LogP contribution in [0, 0.1) is 0 Å². The van der Waals surface area contributed by atoms with Crippen LogP contribution in [0.15, 0.2) is 75.9 Å². The van der Waals surface area contributed by atoms with E-state index in [0.29, 0.717) is 33.8 Å².